The van der Waals surface area contributed by atoms with Crippen molar-refractivity contribution in [3.8, 4) is 0 Å². The van der Waals surface area contributed by atoms with E-state index < -0.39 is 16.0 Å². The highest BCUT2D eigenvalue weighted by molar-refractivity contribution is 7.89. The number of carbonyl (C=O) groups excluding carboxylic acids is 1. The highest BCUT2D eigenvalue weighted by Crippen LogP contribution is 2.17. The van der Waals surface area contributed by atoms with Crippen LogP contribution in [-0.2, 0) is 21.3 Å². The van der Waals surface area contributed by atoms with Gasteiger partial charge in [0.05, 0.1) is 17.1 Å². The van der Waals surface area contributed by atoms with Gasteiger partial charge in [-0.15, -0.1) is 0 Å². The summed E-state index contributed by atoms with van der Waals surface area (Å²) in [6.07, 6.45) is 0.771. The monoisotopic (exact) mass is 388 g/mol. The highest BCUT2D eigenvalue weighted by atomic mass is 32.2. The number of esters is 1. The lowest BCUT2D eigenvalue weighted by molar-refractivity contribution is 0.0526. The van der Waals surface area contributed by atoms with Crippen molar-refractivity contribution in [2.45, 2.75) is 30.8 Å². The molecule has 2 aromatic rings. The van der Waals surface area contributed by atoms with E-state index in [2.05, 4.69) is 21.8 Å². The summed E-state index contributed by atoms with van der Waals surface area (Å²) in [5.74, 6) is -0.457. The Morgan fingerprint density at radius 3 is 2.52 bits per heavy atom. The Kier molecular flexibility index (Phi) is 6.26. The largest absolute Gasteiger partial charge is 0.462 e. The van der Waals surface area contributed by atoms with Crippen molar-refractivity contribution in [1.29, 1.82) is 0 Å². The fourth-order valence-corrected chi connectivity index (χ4v) is 4.45. The maximum Gasteiger partial charge on any atom is 0.338 e. The summed E-state index contributed by atoms with van der Waals surface area (Å²) < 4.78 is 32.9. The number of nitrogens with zero attached hydrogens (tertiary/aromatic N) is 1. The lowest BCUT2D eigenvalue weighted by Gasteiger charge is -2.17. The van der Waals surface area contributed by atoms with Gasteiger partial charge in [-0.25, -0.2) is 17.9 Å². The van der Waals surface area contributed by atoms with E-state index in [1.165, 1.54) is 29.8 Å². The summed E-state index contributed by atoms with van der Waals surface area (Å²) in [6, 6.07) is 15.8. The standard InChI is InChI=1S/C20H24N2O4S/c1-2-26-20(23)17-8-10-19(11-9-17)27(24,25)21-18-12-13-22(15-18)14-16-6-4-3-5-7-16/h3-11,18,21H,2,12-15H2,1H3. The lowest BCUT2D eigenvalue weighted by Crippen LogP contribution is -2.36. The molecule has 0 aliphatic carbocycles. The Balaban J connectivity index is 1.59. The normalized spacial score (nSPS) is 17.7. The van der Waals surface area contributed by atoms with Gasteiger partial charge >= 0.3 is 5.97 Å². The first-order valence-corrected chi connectivity index (χ1v) is 10.5. The second-order valence-electron chi connectivity index (χ2n) is 6.57. The van der Waals surface area contributed by atoms with Crippen LogP contribution in [0.4, 0.5) is 0 Å². The number of hydrogen-bond acceptors (Lipinski definition) is 5. The van der Waals surface area contributed by atoms with Crippen molar-refractivity contribution in [1.82, 2.24) is 9.62 Å². The van der Waals surface area contributed by atoms with Crippen molar-refractivity contribution < 1.29 is 17.9 Å². The summed E-state index contributed by atoms with van der Waals surface area (Å²) in [4.78, 5) is 14.1. The molecule has 1 atom stereocenters. The van der Waals surface area contributed by atoms with E-state index in [1.807, 2.05) is 18.2 Å². The first kappa shape index (κ1) is 19.5. The molecule has 7 heteroatoms. The van der Waals surface area contributed by atoms with E-state index in [1.54, 1.807) is 6.92 Å². The number of carbonyl (C=O) groups is 1. The molecule has 1 heterocycles. The molecule has 1 fully saturated rings. The predicted octanol–water partition coefficient (Wildman–Crippen LogP) is 2.42. The number of benzene rings is 2. The van der Waals surface area contributed by atoms with Crippen LogP contribution in [-0.4, -0.2) is 45.0 Å². The third-order valence-corrected chi connectivity index (χ3v) is 6.06. The lowest BCUT2D eigenvalue weighted by atomic mass is 10.2. The van der Waals surface area contributed by atoms with Crippen LogP contribution in [0.25, 0.3) is 0 Å². The zero-order valence-corrected chi connectivity index (χ0v) is 16.1. The highest BCUT2D eigenvalue weighted by Gasteiger charge is 2.27. The Morgan fingerprint density at radius 1 is 1.15 bits per heavy atom. The van der Waals surface area contributed by atoms with Crippen LogP contribution in [0.5, 0.6) is 0 Å². The first-order valence-electron chi connectivity index (χ1n) is 9.04. The number of sulfonamides is 1. The second kappa shape index (κ2) is 8.65. The number of nitrogens with one attached hydrogen (secondary N) is 1. The third-order valence-electron chi connectivity index (χ3n) is 4.52. The molecular weight excluding hydrogens is 364 g/mol. The van der Waals surface area contributed by atoms with Crippen molar-refractivity contribution in [2.24, 2.45) is 0 Å². The quantitative estimate of drug-likeness (QED) is 0.737. The van der Waals surface area contributed by atoms with Gasteiger partial charge in [0.2, 0.25) is 10.0 Å². The van der Waals surface area contributed by atoms with Gasteiger partial charge in [-0.3, -0.25) is 4.90 Å². The molecule has 0 bridgehead atoms. The Morgan fingerprint density at radius 2 is 1.85 bits per heavy atom. The molecule has 0 amide bonds. The molecule has 1 aliphatic heterocycles. The van der Waals surface area contributed by atoms with Gasteiger partial charge in [0.25, 0.3) is 0 Å². The topological polar surface area (TPSA) is 75.7 Å². The maximum atomic E-state index is 12.6. The Bertz CT molecular complexity index is 867. The van der Waals surface area contributed by atoms with Crippen LogP contribution in [0, 0.1) is 0 Å². The zero-order chi connectivity index (χ0) is 19.3. The molecule has 3 rings (SSSR count). The molecule has 0 saturated carbocycles. The van der Waals surface area contributed by atoms with Crippen LogP contribution in [0.2, 0.25) is 0 Å². The average molecular weight is 388 g/mol. The fraction of sp³-hybridized carbons (Fsp3) is 0.350. The van der Waals surface area contributed by atoms with Gasteiger partial charge in [-0.2, -0.15) is 0 Å². The van der Waals surface area contributed by atoms with Crippen LogP contribution in [0.1, 0.15) is 29.3 Å². The average Bonchev–Trinajstić information content (AvgIpc) is 3.09. The van der Waals surface area contributed by atoms with Crippen LogP contribution in [0.3, 0.4) is 0 Å². The van der Waals surface area contributed by atoms with Crippen molar-refractivity contribution in [3.63, 3.8) is 0 Å². The summed E-state index contributed by atoms with van der Waals surface area (Å²) in [6.45, 7) is 4.34. The fourth-order valence-electron chi connectivity index (χ4n) is 3.19. The van der Waals surface area contributed by atoms with Gasteiger partial charge in [0.15, 0.2) is 0 Å². The second-order valence-corrected chi connectivity index (χ2v) is 8.29. The first-order chi connectivity index (χ1) is 13.0. The number of ether oxygens (including phenoxy) is 1. The van der Waals surface area contributed by atoms with Crippen LogP contribution in [0.15, 0.2) is 59.5 Å². The SMILES string of the molecule is CCOC(=O)c1ccc(S(=O)(=O)NC2CCN(Cc3ccccc3)C2)cc1. The smallest absolute Gasteiger partial charge is 0.338 e. The van der Waals surface area contributed by atoms with Gasteiger partial charge < -0.3 is 4.74 Å². The van der Waals surface area contributed by atoms with Gasteiger partial charge in [-0.1, -0.05) is 30.3 Å². The zero-order valence-electron chi connectivity index (χ0n) is 15.3. The van der Waals surface area contributed by atoms with E-state index in [0.29, 0.717) is 12.1 Å². The van der Waals surface area contributed by atoms with Gasteiger partial charge in [0.1, 0.15) is 0 Å². The van der Waals surface area contributed by atoms with Crippen molar-refractivity contribution in [2.75, 3.05) is 19.7 Å². The number of hydrogen-bond donors (Lipinski definition) is 1. The molecular formula is C20H24N2O4S. The summed E-state index contributed by atoms with van der Waals surface area (Å²) in [7, 11) is -3.62. The summed E-state index contributed by atoms with van der Waals surface area (Å²) >= 11 is 0. The predicted molar refractivity (Wildman–Crippen MR) is 103 cm³/mol. The Labute approximate surface area is 160 Å². The molecule has 144 valence electrons. The molecule has 1 N–H and O–H groups in total. The van der Waals surface area contributed by atoms with Gasteiger partial charge in [-0.05, 0) is 43.2 Å². The molecule has 0 aromatic heterocycles. The van der Waals surface area contributed by atoms with Gasteiger partial charge in [0, 0.05) is 25.7 Å². The maximum absolute atomic E-state index is 12.6. The van der Waals surface area contributed by atoms with E-state index in [9.17, 15) is 13.2 Å². The molecule has 0 spiro atoms. The van der Waals surface area contributed by atoms with Crippen molar-refractivity contribution in [3.05, 3.63) is 65.7 Å². The van der Waals surface area contributed by atoms with Crippen molar-refractivity contribution >= 4 is 16.0 Å². The molecule has 0 radical (unpaired) electrons. The third kappa shape index (κ3) is 5.15. The minimum Gasteiger partial charge on any atom is -0.462 e. The van der Waals surface area contributed by atoms with Crippen LogP contribution < -0.4 is 4.72 Å². The van der Waals surface area contributed by atoms with E-state index in [4.69, 9.17) is 4.74 Å². The van der Waals surface area contributed by atoms with Crippen LogP contribution >= 0.6 is 0 Å². The van der Waals surface area contributed by atoms with E-state index in [0.717, 1.165) is 19.5 Å². The molecule has 2 aromatic carbocycles. The number of rotatable bonds is 7. The summed E-state index contributed by atoms with van der Waals surface area (Å²) in [5, 5.41) is 0. The van der Waals surface area contributed by atoms with E-state index in [-0.39, 0.29) is 17.5 Å². The molecule has 27 heavy (non-hydrogen) atoms. The molecule has 1 unspecified atom stereocenters. The minimum absolute atomic E-state index is 0.122. The minimum atomic E-state index is -3.62. The molecule has 6 nitrogen and oxygen atoms in total. The number of likely N-dealkylation sites (tertiary alicyclic amines) is 1. The molecule has 1 aliphatic rings. The molecule has 1 saturated heterocycles. The Hall–Kier alpha value is -2.22. The summed E-state index contributed by atoms with van der Waals surface area (Å²) in [5.41, 5.74) is 1.56. The van der Waals surface area contributed by atoms with E-state index >= 15 is 0 Å².